The predicted molar refractivity (Wildman–Crippen MR) is 119 cm³/mol. The van der Waals surface area contributed by atoms with Crippen LogP contribution in [0.1, 0.15) is 38.7 Å². The Hall–Kier alpha value is -1.16. The molecule has 1 heterocycles. The third-order valence-electron chi connectivity index (χ3n) is 5.36. The first kappa shape index (κ1) is 24.1. The van der Waals surface area contributed by atoms with Gasteiger partial charge in [-0.15, -0.1) is 0 Å². The first-order valence-corrected chi connectivity index (χ1v) is 14.1. The summed E-state index contributed by atoms with van der Waals surface area (Å²) in [4.78, 5) is 2.14. The van der Waals surface area contributed by atoms with E-state index in [0.717, 1.165) is 44.2 Å². The Morgan fingerprint density at radius 3 is 2.38 bits per heavy atom. The maximum atomic E-state index is 12.8. The molecule has 9 heteroatoms. The number of nitrogens with zero attached hydrogens (tertiary/aromatic N) is 1. The van der Waals surface area contributed by atoms with E-state index in [2.05, 4.69) is 28.8 Å². The van der Waals surface area contributed by atoms with Gasteiger partial charge < -0.3 is 5.32 Å². The molecule has 0 saturated carbocycles. The summed E-state index contributed by atoms with van der Waals surface area (Å²) in [5.74, 6) is 0.124. The van der Waals surface area contributed by atoms with Gasteiger partial charge in [-0.25, -0.2) is 16.8 Å². The normalized spacial score (nSPS) is 18.5. The van der Waals surface area contributed by atoms with Gasteiger partial charge in [0.05, 0.1) is 6.26 Å². The summed E-state index contributed by atoms with van der Waals surface area (Å²) in [5, 5.41) is 2.83. The minimum absolute atomic E-state index is 0.0121. The second-order valence-corrected chi connectivity index (χ2v) is 12.1. The third-order valence-corrected chi connectivity index (χ3v) is 7.50. The molecule has 1 fully saturated rings. The van der Waals surface area contributed by atoms with Gasteiger partial charge >= 0.3 is 0 Å². The first-order chi connectivity index (χ1) is 13.5. The first-order valence-electron chi connectivity index (χ1n) is 10.2. The molecule has 0 amide bonds. The Morgan fingerprint density at radius 1 is 1.17 bits per heavy atom. The second-order valence-electron chi connectivity index (χ2n) is 8.17. The van der Waals surface area contributed by atoms with Crippen LogP contribution in [0.2, 0.25) is 0 Å². The molecule has 2 rings (SSSR count). The van der Waals surface area contributed by atoms with Gasteiger partial charge in [0.1, 0.15) is 5.37 Å². The highest BCUT2D eigenvalue weighted by Gasteiger charge is 2.37. The molecule has 0 radical (unpaired) electrons. The number of sulfone groups is 1. The van der Waals surface area contributed by atoms with Gasteiger partial charge in [0.2, 0.25) is 10.0 Å². The number of nitrogens with one attached hydrogen (secondary N) is 2. The third kappa shape index (κ3) is 7.55. The Morgan fingerprint density at radius 2 is 1.83 bits per heavy atom. The highest BCUT2D eigenvalue weighted by Crippen LogP contribution is 2.28. The SMILES string of the molecule is CCCN(C(C)Cc1cccc(NS(C)(=O)=O)c1)C(C1CCNCC1)S(C)(=O)=O. The van der Waals surface area contributed by atoms with Gasteiger partial charge in [0.25, 0.3) is 0 Å². The average Bonchev–Trinajstić information content (AvgIpc) is 2.60. The molecule has 1 aromatic rings. The van der Waals surface area contributed by atoms with E-state index >= 15 is 0 Å². The molecule has 7 nitrogen and oxygen atoms in total. The van der Waals surface area contributed by atoms with E-state index in [1.165, 1.54) is 6.26 Å². The van der Waals surface area contributed by atoms with Crippen LogP contribution >= 0.6 is 0 Å². The minimum Gasteiger partial charge on any atom is -0.317 e. The quantitative estimate of drug-likeness (QED) is 0.572. The molecule has 29 heavy (non-hydrogen) atoms. The maximum absolute atomic E-state index is 12.8. The highest BCUT2D eigenvalue weighted by atomic mass is 32.2. The Labute approximate surface area is 176 Å². The van der Waals surface area contributed by atoms with Crippen molar-refractivity contribution in [2.45, 2.75) is 50.9 Å². The van der Waals surface area contributed by atoms with Crippen molar-refractivity contribution in [3.8, 4) is 0 Å². The Kier molecular flexibility index (Phi) is 8.51. The highest BCUT2D eigenvalue weighted by molar-refractivity contribution is 7.92. The van der Waals surface area contributed by atoms with Crippen LogP contribution in [-0.4, -0.2) is 65.3 Å². The lowest BCUT2D eigenvalue weighted by atomic mass is 9.95. The zero-order valence-electron chi connectivity index (χ0n) is 17.9. The van der Waals surface area contributed by atoms with Gasteiger partial charge in [-0.3, -0.25) is 9.62 Å². The van der Waals surface area contributed by atoms with Crippen LogP contribution in [-0.2, 0) is 26.3 Å². The number of rotatable bonds is 10. The van der Waals surface area contributed by atoms with E-state index in [1.807, 2.05) is 18.2 Å². The van der Waals surface area contributed by atoms with Crippen LogP contribution in [0, 0.1) is 5.92 Å². The van der Waals surface area contributed by atoms with E-state index in [-0.39, 0.29) is 12.0 Å². The van der Waals surface area contributed by atoms with Gasteiger partial charge in [0, 0.05) is 18.0 Å². The van der Waals surface area contributed by atoms with E-state index in [4.69, 9.17) is 0 Å². The molecule has 0 aromatic heterocycles. The number of hydrogen-bond donors (Lipinski definition) is 2. The van der Waals surface area contributed by atoms with Crippen molar-refractivity contribution >= 4 is 25.5 Å². The molecular weight excluding hydrogens is 410 g/mol. The summed E-state index contributed by atoms with van der Waals surface area (Å²) in [6.45, 7) is 6.54. The lowest BCUT2D eigenvalue weighted by molar-refractivity contribution is 0.131. The van der Waals surface area contributed by atoms with Gasteiger partial charge in [-0.05, 0) is 75.9 Å². The van der Waals surface area contributed by atoms with Gasteiger partial charge in [-0.1, -0.05) is 19.1 Å². The van der Waals surface area contributed by atoms with Crippen molar-refractivity contribution in [2.24, 2.45) is 5.92 Å². The molecule has 0 bridgehead atoms. The fraction of sp³-hybridized carbons (Fsp3) is 0.700. The lowest BCUT2D eigenvalue weighted by Gasteiger charge is -2.41. The fourth-order valence-electron chi connectivity index (χ4n) is 4.29. The zero-order chi connectivity index (χ0) is 21.7. The number of sulfonamides is 1. The van der Waals surface area contributed by atoms with Crippen LogP contribution in [0.3, 0.4) is 0 Å². The molecule has 2 atom stereocenters. The number of hydrogen-bond acceptors (Lipinski definition) is 6. The van der Waals surface area contributed by atoms with Crippen molar-refractivity contribution in [1.82, 2.24) is 10.2 Å². The molecule has 1 aliphatic heterocycles. The summed E-state index contributed by atoms with van der Waals surface area (Å²) < 4.78 is 51.1. The van der Waals surface area contributed by atoms with Gasteiger partial charge in [-0.2, -0.15) is 0 Å². The number of anilines is 1. The van der Waals surface area contributed by atoms with Crippen molar-refractivity contribution in [1.29, 1.82) is 0 Å². The minimum atomic E-state index is -3.34. The fourth-order valence-corrected chi connectivity index (χ4v) is 6.62. The van der Waals surface area contributed by atoms with E-state index in [0.29, 0.717) is 18.7 Å². The second kappa shape index (κ2) is 10.2. The summed E-state index contributed by atoms with van der Waals surface area (Å²) >= 11 is 0. The van der Waals surface area contributed by atoms with E-state index < -0.39 is 25.2 Å². The van der Waals surface area contributed by atoms with Crippen LogP contribution in [0.25, 0.3) is 0 Å². The topological polar surface area (TPSA) is 95.6 Å². The van der Waals surface area contributed by atoms with Crippen molar-refractivity contribution in [3.05, 3.63) is 29.8 Å². The molecule has 1 aromatic carbocycles. The van der Waals surface area contributed by atoms with Crippen molar-refractivity contribution < 1.29 is 16.8 Å². The van der Waals surface area contributed by atoms with Crippen LogP contribution < -0.4 is 10.0 Å². The zero-order valence-corrected chi connectivity index (χ0v) is 19.5. The molecule has 2 unspecified atom stereocenters. The summed E-state index contributed by atoms with van der Waals surface area (Å²) in [6, 6.07) is 7.32. The smallest absolute Gasteiger partial charge is 0.229 e. The number of piperidine rings is 1. The lowest BCUT2D eigenvalue weighted by Crippen LogP contribution is -2.52. The van der Waals surface area contributed by atoms with E-state index in [1.54, 1.807) is 6.07 Å². The van der Waals surface area contributed by atoms with E-state index in [9.17, 15) is 16.8 Å². The predicted octanol–water partition coefficient (Wildman–Crippen LogP) is 2.07. The summed E-state index contributed by atoms with van der Waals surface area (Å²) in [5.41, 5.74) is 1.50. The van der Waals surface area contributed by atoms with Crippen LogP contribution in [0.5, 0.6) is 0 Å². The molecule has 0 spiro atoms. The standard InChI is InChI=1S/C20H35N3O4S2/c1-5-13-23(20(28(3,24)25)18-9-11-21-12-10-18)16(2)14-17-7-6-8-19(15-17)22-29(4,26)27/h6-8,15-16,18,20-22H,5,9-14H2,1-4H3. The summed E-state index contributed by atoms with van der Waals surface area (Å²) in [6.07, 6.45) is 5.72. The Bertz CT molecular complexity index is 865. The molecule has 2 N–H and O–H groups in total. The maximum Gasteiger partial charge on any atom is 0.229 e. The van der Waals surface area contributed by atoms with Crippen LogP contribution in [0.15, 0.2) is 24.3 Å². The molecule has 0 aliphatic carbocycles. The number of benzene rings is 1. The Balaban J connectivity index is 2.25. The summed E-state index contributed by atoms with van der Waals surface area (Å²) in [7, 11) is -6.59. The van der Waals surface area contributed by atoms with Crippen molar-refractivity contribution in [3.63, 3.8) is 0 Å². The largest absolute Gasteiger partial charge is 0.317 e. The van der Waals surface area contributed by atoms with Gasteiger partial charge in [0.15, 0.2) is 9.84 Å². The van der Waals surface area contributed by atoms with Crippen LogP contribution in [0.4, 0.5) is 5.69 Å². The van der Waals surface area contributed by atoms with Crippen molar-refractivity contribution in [2.75, 3.05) is 36.9 Å². The molecular formula is C20H35N3O4S2. The molecule has 1 saturated heterocycles. The average molecular weight is 446 g/mol. The molecule has 1 aliphatic rings. The molecule has 166 valence electrons. The monoisotopic (exact) mass is 445 g/mol.